The molecule has 0 saturated heterocycles. The summed E-state index contributed by atoms with van der Waals surface area (Å²) in [6.45, 7) is 0.337. The number of nitrogens with zero attached hydrogens (tertiary/aromatic N) is 1. The van der Waals surface area contributed by atoms with Crippen LogP contribution in [0.4, 0.5) is 10.6 Å². The monoisotopic (exact) mass is 360 g/mol. The first kappa shape index (κ1) is 17.2. The van der Waals surface area contributed by atoms with Crippen LogP contribution in [-0.2, 0) is 11.2 Å². The number of aromatic nitrogens is 1. The highest BCUT2D eigenvalue weighted by Crippen LogP contribution is 2.44. The smallest absolute Gasteiger partial charge is 0.412 e. The van der Waals surface area contributed by atoms with E-state index in [4.69, 9.17) is 9.84 Å². The van der Waals surface area contributed by atoms with E-state index in [0.29, 0.717) is 12.2 Å². The summed E-state index contributed by atoms with van der Waals surface area (Å²) in [5.74, 6) is 0.456. The van der Waals surface area contributed by atoms with Crippen molar-refractivity contribution in [3.8, 4) is 11.1 Å². The van der Waals surface area contributed by atoms with Crippen LogP contribution in [0.3, 0.4) is 0 Å². The van der Waals surface area contributed by atoms with Crippen molar-refractivity contribution in [2.24, 2.45) is 0 Å². The Labute approximate surface area is 157 Å². The number of ether oxygens (including phenoxy) is 1. The summed E-state index contributed by atoms with van der Waals surface area (Å²) in [6.07, 6.45) is 1.65. The Hall–Kier alpha value is -3.18. The molecule has 0 radical (unpaired) electrons. The Morgan fingerprint density at radius 3 is 2.26 bits per heavy atom. The highest BCUT2D eigenvalue weighted by atomic mass is 16.5. The van der Waals surface area contributed by atoms with Crippen LogP contribution >= 0.6 is 0 Å². The van der Waals surface area contributed by atoms with Gasteiger partial charge in [0.1, 0.15) is 12.4 Å². The molecule has 1 amide bonds. The second-order valence-corrected chi connectivity index (χ2v) is 6.48. The van der Waals surface area contributed by atoms with Gasteiger partial charge in [0.2, 0.25) is 0 Å². The summed E-state index contributed by atoms with van der Waals surface area (Å²) >= 11 is 0. The number of hydrogen-bond acceptors (Lipinski definition) is 4. The summed E-state index contributed by atoms with van der Waals surface area (Å²) in [5.41, 5.74) is 5.66. The first-order valence-corrected chi connectivity index (χ1v) is 8.94. The predicted octanol–water partition coefficient (Wildman–Crippen LogP) is 3.98. The van der Waals surface area contributed by atoms with Crippen LogP contribution in [0.15, 0.2) is 66.9 Å². The van der Waals surface area contributed by atoms with Gasteiger partial charge in [-0.3, -0.25) is 5.32 Å². The normalized spacial score (nSPS) is 12.3. The minimum Gasteiger partial charge on any atom is -0.448 e. The molecule has 0 bridgehead atoms. The number of amides is 1. The van der Waals surface area contributed by atoms with Crippen molar-refractivity contribution in [2.75, 3.05) is 18.5 Å². The standard InChI is InChI=1S/C22H20N2O3/c25-12-11-15-9-10-21(23-13-15)24-22(26)27-14-20-18-7-3-1-5-16(18)17-6-2-4-8-19(17)20/h1-10,13,20,25H,11-12,14H2,(H,23,24,26). The van der Waals surface area contributed by atoms with Gasteiger partial charge in [-0.05, 0) is 40.3 Å². The van der Waals surface area contributed by atoms with Crippen LogP contribution in [0.2, 0.25) is 0 Å². The van der Waals surface area contributed by atoms with E-state index >= 15 is 0 Å². The number of pyridine rings is 1. The number of hydrogen-bond donors (Lipinski definition) is 2. The summed E-state index contributed by atoms with van der Waals surface area (Å²) in [7, 11) is 0. The summed E-state index contributed by atoms with van der Waals surface area (Å²) in [4.78, 5) is 16.4. The fraction of sp³-hybridized carbons (Fsp3) is 0.182. The number of rotatable bonds is 5. The first-order valence-electron chi connectivity index (χ1n) is 8.94. The van der Waals surface area contributed by atoms with Gasteiger partial charge in [-0.25, -0.2) is 9.78 Å². The van der Waals surface area contributed by atoms with Crippen molar-refractivity contribution in [1.82, 2.24) is 4.98 Å². The molecule has 0 aliphatic heterocycles. The zero-order valence-electron chi connectivity index (χ0n) is 14.8. The fourth-order valence-corrected chi connectivity index (χ4v) is 3.51. The van der Waals surface area contributed by atoms with Crippen molar-refractivity contribution < 1.29 is 14.6 Å². The number of fused-ring (bicyclic) bond motifs is 3. The van der Waals surface area contributed by atoms with E-state index < -0.39 is 6.09 Å². The number of carbonyl (C=O) groups is 1. The van der Waals surface area contributed by atoms with E-state index in [-0.39, 0.29) is 19.1 Å². The van der Waals surface area contributed by atoms with Gasteiger partial charge in [-0.2, -0.15) is 0 Å². The molecule has 1 heterocycles. The average molecular weight is 360 g/mol. The molecule has 5 heteroatoms. The van der Waals surface area contributed by atoms with Gasteiger partial charge in [0.15, 0.2) is 0 Å². The second kappa shape index (κ2) is 7.60. The molecule has 3 aromatic rings. The zero-order valence-corrected chi connectivity index (χ0v) is 14.8. The van der Waals surface area contributed by atoms with Gasteiger partial charge in [0, 0.05) is 18.7 Å². The minimum absolute atomic E-state index is 0.0306. The molecule has 0 unspecified atom stereocenters. The van der Waals surface area contributed by atoms with E-state index in [2.05, 4.69) is 34.6 Å². The molecule has 0 saturated carbocycles. The van der Waals surface area contributed by atoms with Crippen molar-refractivity contribution in [3.63, 3.8) is 0 Å². The lowest BCUT2D eigenvalue weighted by Crippen LogP contribution is -2.18. The molecule has 0 spiro atoms. The lowest BCUT2D eigenvalue weighted by molar-refractivity contribution is 0.158. The quantitative estimate of drug-likeness (QED) is 0.722. The lowest BCUT2D eigenvalue weighted by Gasteiger charge is -2.14. The van der Waals surface area contributed by atoms with Gasteiger partial charge in [0.05, 0.1) is 0 Å². The maximum absolute atomic E-state index is 12.2. The van der Waals surface area contributed by atoms with Gasteiger partial charge < -0.3 is 9.84 Å². The fourth-order valence-electron chi connectivity index (χ4n) is 3.51. The molecule has 1 aliphatic carbocycles. The SMILES string of the molecule is O=C(Nc1ccc(CCO)cn1)OCC1c2ccccc2-c2ccccc21. The van der Waals surface area contributed by atoms with E-state index in [9.17, 15) is 4.79 Å². The van der Waals surface area contributed by atoms with Crippen molar-refractivity contribution in [2.45, 2.75) is 12.3 Å². The van der Waals surface area contributed by atoms with E-state index in [1.807, 2.05) is 30.3 Å². The largest absolute Gasteiger partial charge is 0.448 e. The molecule has 5 nitrogen and oxygen atoms in total. The summed E-state index contributed by atoms with van der Waals surface area (Å²) in [6, 6.07) is 20.0. The molecule has 0 fully saturated rings. The maximum Gasteiger partial charge on any atom is 0.412 e. The Balaban J connectivity index is 1.43. The third kappa shape index (κ3) is 3.55. The van der Waals surface area contributed by atoms with Gasteiger partial charge in [-0.1, -0.05) is 54.6 Å². The number of aliphatic hydroxyl groups is 1. The van der Waals surface area contributed by atoms with Crippen LogP contribution in [0, 0.1) is 0 Å². The number of anilines is 1. The number of aliphatic hydroxyl groups excluding tert-OH is 1. The molecule has 27 heavy (non-hydrogen) atoms. The number of carbonyl (C=O) groups excluding carboxylic acids is 1. The van der Waals surface area contributed by atoms with Gasteiger partial charge in [-0.15, -0.1) is 0 Å². The van der Waals surface area contributed by atoms with E-state index in [1.54, 1.807) is 12.3 Å². The highest BCUT2D eigenvalue weighted by Gasteiger charge is 2.28. The van der Waals surface area contributed by atoms with Crippen LogP contribution in [0.1, 0.15) is 22.6 Å². The maximum atomic E-state index is 12.2. The number of benzene rings is 2. The molecule has 1 aliphatic rings. The second-order valence-electron chi connectivity index (χ2n) is 6.48. The van der Waals surface area contributed by atoms with Crippen LogP contribution in [0.25, 0.3) is 11.1 Å². The average Bonchev–Trinajstić information content (AvgIpc) is 3.02. The zero-order chi connectivity index (χ0) is 18.6. The van der Waals surface area contributed by atoms with Crippen LogP contribution in [-0.4, -0.2) is 29.4 Å². The topological polar surface area (TPSA) is 71.5 Å². The molecular formula is C22H20N2O3. The third-order valence-electron chi connectivity index (χ3n) is 4.80. The molecule has 4 rings (SSSR count). The first-order chi connectivity index (χ1) is 13.3. The molecule has 136 valence electrons. The van der Waals surface area contributed by atoms with Crippen molar-refractivity contribution in [1.29, 1.82) is 0 Å². The highest BCUT2D eigenvalue weighted by molar-refractivity contribution is 5.84. The molecular weight excluding hydrogens is 340 g/mol. The number of nitrogens with one attached hydrogen (secondary N) is 1. The van der Waals surface area contributed by atoms with Crippen LogP contribution < -0.4 is 5.32 Å². The minimum atomic E-state index is -0.528. The summed E-state index contributed by atoms with van der Waals surface area (Å²) < 4.78 is 5.49. The Kier molecular flexibility index (Phi) is 4.85. The predicted molar refractivity (Wildman–Crippen MR) is 104 cm³/mol. The van der Waals surface area contributed by atoms with E-state index in [1.165, 1.54) is 22.3 Å². The molecule has 0 atom stereocenters. The molecule has 2 aromatic carbocycles. The van der Waals surface area contributed by atoms with Crippen LogP contribution in [0.5, 0.6) is 0 Å². The van der Waals surface area contributed by atoms with Crippen molar-refractivity contribution in [3.05, 3.63) is 83.6 Å². The van der Waals surface area contributed by atoms with Gasteiger partial charge >= 0.3 is 6.09 Å². The van der Waals surface area contributed by atoms with E-state index in [0.717, 1.165) is 5.56 Å². The van der Waals surface area contributed by atoms with Crippen molar-refractivity contribution >= 4 is 11.9 Å². The lowest BCUT2D eigenvalue weighted by atomic mass is 9.98. The molecule has 2 N–H and O–H groups in total. The van der Waals surface area contributed by atoms with Gasteiger partial charge in [0.25, 0.3) is 0 Å². The summed E-state index contributed by atoms with van der Waals surface area (Å²) in [5, 5.41) is 11.6. The Morgan fingerprint density at radius 2 is 1.67 bits per heavy atom. The third-order valence-corrected chi connectivity index (χ3v) is 4.80. The molecule has 1 aromatic heterocycles. The Morgan fingerprint density at radius 1 is 1.00 bits per heavy atom. The Bertz CT molecular complexity index is 908.